The molecule has 0 bridgehead atoms. The fourth-order valence-electron chi connectivity index (χ4n) is 1.64. The zero-order chi connectivity index (χ0) is 16.9. The van der Waals surface area contributed by atoms with Crippen LogP contribution >= 0.6 is 0 Å². The summed E-state index contributed by atoms with van der Waals surface area (Å²) in [7, 11) is -3.87. The molecule has 1 amide bonds. The van der Waals surface area contributed by atoms with Crippen molar-refractivity contribution in [2.24, 2.45) is 11.7 Å². The lowest BCUT2D eigenvalue weighted by atomic mass is 10.1. The van der Waals surface area contributed by atoms with E-state index in [9.17, 15) is 18.0 Å². The molecule has 1 aromatic rings. The van der Waals surface area contributed by atoms with Crippen molar-refractivity contribution in [1.82, 2.24) is 4.72 Å². The summed E-state index contributed by atoms with van der Waals surface area (Å²) in [5.74, 6) is -2.01. The van der Waals surface area contributed by atoms with Gasteiger partial charge in [0.2, 0.25) is 10.0 Å². The van der Waals surface area contributed by atoms with Gasteiger partial charge in [-0.15, -0.1) is 0 Å². The summed E-state index contributed by atoms with van der Waals surface area (Å²) in [4.78, 5) is 22.6. The van der Waals surface area contributed by atoms with Gasteiger partial charge in [-0.3, -0.25) is 9.59 Å². The van der Waals surface area contributed by atoms with Gasteiger partial charge in [0.1, 0.15) is 6.04 Å². The zero-order valence-corrected chi connectivity index (χ0v) is 13.5. The van der Waals surface area contributed by atoms with Crippen molar-refractivity contribution in [1.29, 1.82) is 0 Å². The molecule has 1 atom stereocenters. The fourth-order valence-corrected chi connectivity index (χ4v) is 2.97. The normalized spacial score (nSPS) is 12.9. The second kappa shape index (κ2) is 7.37. The second-order valence-corrected chi connectivity index (χ2v) is 6.94. The number of carbonyl (C=O) groups excluding carboxylic acids is 2. The Kier molecular flexibility index (Phi) is 6.07. The number of esters is 1. The lowest BCUT2D eigenvalue weighted by Crippen LogP contribution is -2.45. The van der Waals surface area contributed by atoms with E-state index in [1.807, 2.05) is 6.92 Å². The van der Waals surface area contributed by atoms with Gasteiger partial charge in [0.15, 0.2) is 6.61 Å². The van der Waals surface area contributed by atoms with Gasteiger partial charge in [-0.1, -0.05) is 31.5 Å². The molecule has 0 radical (unpaired) electrons. The average molecular weight is 328 g/mol. The van der Waals surface area contributed by atoms with Crippen molar-refractivity contribution in [3.05, 3.63) is 29.8 Å². The van der Waals surface area contributed by atoms with Gasteiger partial charge in [-0.25, -0.2) is 8.42 Å². The standard InChI is InChI=1S/C14H20N2O5S/c1-9(2)13(14(18)21-8-12(15)17)16-22(19,20)11-6-4-10(3)5-7-11/h4-7,9,13,16H,8H2,1-3H3,(H2,15,17). The predicted molar refractivity (Wildman–Crippen MR) is 80.3 cm³/mol. The van der Waals surface area contributed by atoms with Crippen molar-refractivity contribution in [3.8, 4) is 0 Å². The lowest BCUT2D eigenvalue weighted by Gasteiger charge is -2.20. The number of rotatable bonds is 7. The maximum Gasteiger partial charge on any atom is 0.324 e. The largest absolute Gasteiger partial charge is 0.454 e. The SMILES string of the molecule is Cc1ccc(S(=O)(=O)NC(C(=O)OCC(N)=O)C(C)C)cc1. The number of nitrogens with one attached hydrogen (secondary N) is 1. The van der Waals surface area contributed by atoms with E-state index in [-0.39, 0.29) is 10.8 Å². The first-order valence-corrected chi connectivity index (χ1v) is 8.15. The monoisotopic (exact) mass is 328 g/mol. The van der Waals surface area contributed by atoms with Gasteiger partial charge in [-0.2, -0.15) is 4.72 Å². The van der Waals surface area contributed by atoms with Gasteiger partial charge in [0, 0.05) is 0 Å². The highest BCUT2D eigenvalue weighted by Crippen LogP contribution is 2.13. The Morgan fingerprint density at radius 3 is 2.23 bits per heavy atom. The molecule has 0 aromatic heterocycles. The van der Waals surface area contributed by atoms with Gasteiger partial charge < -0.3 is 10.5 Å². The summed E-state index contributed by atoms with van der Waals surface area (Å²) >= 11 is 0. The van der Waals surface area contributed by atoms with E-state index in [2.05, 4.69) is 9.46 Å². The molecule has 1 unspecified atom stereocenters. The van der Waals surface area contributed by atoms with Crippen LogP contribution in [0.1, 0.15) is 19.4 Å². The van der Waals surface area contributed by atoms with Crippen molar-refractivity contribution in [2.75, 3.05) is 6.61 Å². The molecule has 122 valence electrons. The number of sulfonamides is 1. The molecular formula is C14H20N2O5S. The number of nitrogens with two attached hydrogens (primary N) is 1. The van der Waals surface area contributed by atoms with Crippen LogP contribution in [0.25, 0.3) is 0 Å². The van der Waals surface area contributed by atoms with Gasteiger partial charge in [0.25, 0.3) is 5.91 Å². The molecule has 0 fully saturated rings. The van der Waals surface area contributed by atoms with Crippen LogP contribution < -0.4 is 10.5 Å². The molecule has 0 heterocycles. The van der Waals surface area contributed by atoms with Crippen LogP contribution in [0.3, 0.4) is 0 Å². The van der Waals surface area contributed by atoms with Gasteiger partial charge in [-0.05, 0) is 25.0 Å². The number of hydrogen-bond donors (Lipinski definition) is 2. The van der Waals surface area contributed by atoms with Gasteiger partial charge in [0.05, 0.1) is 4.90 Å². The van der Waals surface area contributed by atoms with E-state index < -0.39 is 34.5 Å². The average Bonchev–Trinajstić information content (AvgIpc) is 2.42. The summed E-state index contributed by atoms with van der Waals surface area (Å²) in [6.07, 6.45) is 0. The van der Waals surface area contributed by atoms with Crippen LogP contribution in [-0.2, 0) is 24.3 Å². The quantitative estimate of drug-likeness (QED) is 0.700. The van der Waals surface area contributed by atoms with E-state index >= 15 is 0 Å². The van der Waals surface area contributed by atoms with Crippen molar-refractivity contribution < 1.29 is 22.7 Å². The number of aryl methyl sites for hydroxylation is 1. The second-order valence-electron chi connectivity index (χ2n) is 5.23. The maximum atomic E-state index is 12.3. The molecule has 1 aromatic carbocycles. The number of primary amides is 1. The van der Waals surface area contributed by atoms with E-state index in [4.69, 9.17) is 5.73 Å². The van der Waals surface area contributed by atoms with Crippen LogP contribution in [0, 0.1) is 12.8 Å². The number of amides is 1. The highest BCUT2D eigenvalue weighted by atomic mass is 32.2. The Bertz CT molecular complexity index is 638. The van der Waals surface area contributed by atoms with E-state index in [0.29, 0.717) is 0 Å². The molecule has 3 N–H and O–H groups in total. The topological polar surface area (TPSA) is 116 Å². The Morgan fingerprint density at radius 2 is 1.77 bits per heavy atom. The maximum absolute atomic E-state index is 12.3. The number of benzene rings is 1. The number of ether oxygens (including phenoxy) is 1. The third-order valence-corrected chi connectivity index (χ3v) is 4.35. The summed E-state index contributed by atoms with van der Waals surface area (Å²) < 4.78 is 31.6. The molecule has 22 heavy (non-hydrogen) atoms. The summed E-state index contributed by atoms with van der Waals surface area (Å²) in [6, 6.07) is 5.10. The smallest absolute Gasteiger partial charge is 0.324 e. The Labute approximate surface area is 129 Å². The molecule has 0 aliphatic carbocycles. The first kappa shape index (κ1) is 18.1. The van der Waals surface area contributed by atoms with Gasteiger partial charge >= 0.3 is 5.97 Å². The number of carbonyl (C=O) groups is 2. The third-order valence-electron chi connectivity index (χ3n) is 2.89. The third kappa shape index (κ3) is 5.12. The molecule has 0 saturated carbocycles. The Hall–Kier alpha value is -1.93. The minimum atomic E-state index is -3.87. The van der Waals surface area contributed by atoms with Crippen LogP contribution in [0.15, 0.2) is 29.2 Å². The van der Waals surface area contributed by atoms with Crippen LogP contribution in [-0.4, -0.2) is 32.9 Å². The predicted octanol–water partition coefficient (Wildman–Crippen LogP) is 0.326. The molecule has 0 aliphatic heterocycles. The highest BCUT2D eigenvalue weighted by molar-refractivity contribution is 7.89. The molecule has 1 rings (SSSR count). The Morgan fingerprint density at radius 1 is 1.23 bits per heavy atom. The van der Waals surface area contributed by atoms with Crippen LogP contribution in [0.5, 0.6) is 0 Å². The van der Waals surface area contributed by atoms with E-state index in [0.717, 1.165) is 5.56 Å². The molecule has 0 saturated heterocycles. The van der Waals surface area contributed by atoms with E-state index in [1.165, 1.54) is 12.1 Å². The molecule has 7 nitrogen and oxygen atoms in total. The van der Waals surface area contributed by atoms with Crippen molar-refractivity contribution in [3.63, 3.8) is 0 Å². The van der Waals surface area contributed by atoms with Crippen LogP contribution in [0.2, 0.25) is 0 Å². The van der Waals surface area contributed by atoms with Crippen molar-refractivity contribution in [2.45, 2.75) is 31.7 Å². The minimum Gasteiger partial charge on any atom is -0.454 e. The minimum absolute atomic E-state index is 0.0476. The summed E-state index contributed by atoms with van der Waals surface area (Å²) in [5.41, 5.74) is 5.81. The molecule has 8 heteroatoms. The number of hydrogen-bond acceptors (Lipinski definition) is 5. The fraction of sp³-hybridized carbons (Fsp3) is 0.429. The highest BCUT2D eigenvalue weighted by Gasteiger charge is 2.29. The Balaban J connectivity index is 2.92. The summed E-state index contributed by atoms with van der Waals surface area (Å²) in [5, 5.41) is 0. The first-order valence-electron chi connectivity index (χ1n) is 6.67. The molecule has 0 spiro atoms. The summed E-state index contributed by atoms with van der Waals surface area (Å²) in [6.45, 7) is 4.57. The lowest BCUT2D eigenvalue weighted by molar-refractivity contribution is -0.150. The van der Waals surface area contributed by atoms with E-state index in [1.54, 1.807) is 26.0 Å². The zero-order valence-electron chi connectivity index (χ0n) is 12.7. The van der Waals surface area contributed by atoms with Crippen LogP contribution in [0.4, 0.5) is 0 Å². The molecule has 0 aliphatic rings. The molecular weight excluding hydrogens is 308 g/mol. The first-order chi connectivity index (χ1) is 10.1. The van der Waals surface area contributed by atoms with Crippen molar-refractivity contribution >= 4 is 21.9 Å².